The van der Waals surface area contributed by atoms with Gasteiger partial charge in [-0.15, -0.1) is 0 Å². The maximum Gasteiger partial charge on any atom is 0.223 e. The number of hydrogen-bond donors (Lipinski definition) is 2. The molecule has 2 N–H and O–H groups in total. The number of aromatic nitrogens is 2. The zero-order valence-corrected chi connectivity index (χ0v) is 14.3. The molecule has 1 aliphatic rings. The van der Waals surface area contributed by atoms with Crippen LogP contribution in [0.3, 0.4) is 0 Å². The number of aliphatic hydroxyl groups excluding tert-OH is 1. The number of fused-ring (bicyclic) bond motifs is 1. The Kier molecular flexibility index (Phi) is 5.09. The van der Waals surface area contributed by atoms with Gasteiger partial charge in [0.05, 0.1) is 11.6 Å². The van der Waals surface area contributed by atoms with Crippen molar-refractivity contribution in [1.29, 1.82) is 0 Å². The molecule has 0 unspecified atom stereocenters. The molecule has 5 heteroatoms. The molecule has 0 radical (unpaired) electrons. The van der Waals surface area contributed by atoms with Crippen molar-refractivity contribution in [2.24, 2.45) is 5.92 Å². The third kappa shape index (κ3) is 4.09. The molecule has 2 aromatic rings. The van der Waals surface area contributed by atoms with E-state index in [9.17, 15) is 9.90 Å². The van der Waals surface area contributed by atoms with Gasteiger partial charge in [-0.3, -0.25) is 4.79 Å². The Morgan fingerprint density at radius 1 is 1.29 bits per heavy atom. The molecule has 1 saturated carbocycles. The minimum absolute atomic E-state index is 0.154. The van der Waals surface area contributed by atoms with Gasteiger partial charge in [0.15, 0.2) is 5.78 Å². The Morgan fingerprint density at radius 2 is 2.04 bits per heavy atom. The van der Waals surface area contributed by atoms with Crippen molar-refractivity contribution in [3.8, 4) is 0 Å². The number of anilines is 1. The highest BCUT2D eigenvalue weighted by molar-refractivity contribution is 5.99. The summed E-state index contributed by atoms with van der Waals surface area (Å²) in [5.74, 6) is 1.09. The molecular weight excluding hydrogens is 302 g/mol. The Bertz CT molecular complexity index is 722. The molecule has 1 aromatic heterocycles. The second-order valence-corrected chi connectivity index (χ2v) is 7.14. The Hall–Kier alpha value is -2.01. The van der Waals surface area contributed by atoms with Crippen molar-refractivity contribution >= 4 is 22.6 Å². The van der Waals surface area contributed by atoms with Gasteiger partial charge in [-0.25, -0.2) is 9.97 Å². The summed E-state index contributed by atoms with van der Waals surface area (Å²) in [7, 11) is 0. The normalized spacial score (nSPS) is 21.2. The van der Waals surface area contributed by atoms with E-state index in [1.165, 1.54) is 0 Å². The van der Waals surface area contributed by atoms with E-state index in [0.717, 1.165) is 36.6 Å². The van der Waals surface area contributed by atoms with Gasteiger partial charge in [0.25, 0.3) is 0 Å². The van der Waals surface area contributed by atoms with E-state index in [4.69, 9.17) is 0 Å². The predicted molar refractivity (Wildman–Crippen MR) is 95.2 cm³/mol. The molecule has 0 spiro atoms. The highest BCUT2D eigenvalue weighted by Gasteiger charge is 2.20. The van der Waals surface area contributed by atoms with Crippen LogP contribution in [0.4, 0.5) is 5.95 Å². The maximum absolute atomic E-state index is 12.2. The summed E-state index contributed by atoms with van der Waals surface area (Å²) in [5, 5.41) is 13.9. The van der Waals surface area contributed by atoms with Gasteiger partial charge in [0.2, 0.25) is 5.95 Å². The zero-order chi connectivity index (χ0) is 17.1. The summed E-state index contributed by atoms with van der Waals surface area (Å²) in [4.78, 5) is 21.2. The molecule has 24 heavy (non-hydrogen) atoms. The van der Waals surface area contributed by atoms with Crippen LogP contribution in [0.5, 0.6) is 0 Å². The number of benzene rings is 1. The largest absolute Gasteiger partial charge is 0.393 e. The van der Waals surface area contributed by atoms with Gasteiger partial charge in [-0.2, -0.15) is 0 Å². The summed E-state index contributed by atoms with van der Waals surface area (Å²) in [6.45, 7) is 4.09. The summed E-state index contributed by atoms with van der Waals surface area (Å²) in [5.41, 5.74) is 1.50. The Morgan fingerprint density at radius 3 is 2.75 bits per heavy atom. The number of hydrogen-bond acceptors (Lipinski definition) is 5. The third-order valence-corrected chi connectivity index (χ3v) is 4.53. The fourth-order valence-corrected chi connectivity index (χ4v) is 3.16. The van der Waals surface area contributed by atoms with E-state index in [-0.39, 0.29) is 11.9 Å². The summed E-state index contributed by atoms with van der Waals surface area (Å²) < 4.78 is 0. The Labute approximate surface area is 142 Å². The zero-order valence-electron chi connectivity index (χ0n) is 14.3. The number of Topliss-reactive ketones (excluding diaryl/α,β-unsaturated/α-hetero) is 1. The van der Waals surface area contributed by atoms with E-state index in [0.29, 0.717) is 29.9 Å². The molecule has 5 nitrogen and oxygen atoms in total. The van der Waals surface area contributed by atoms with Crippen LogP contribution in [-0.2, 0) is 0 Å². The van der Waals surface area contributed by atoms with E-state index < -0.39 is 0 Å². The van der Waals surface area contributed by atoms with Crippen molar-refractivity contribution in [1.82, 2.24) is 9.97 Å². The van der Waals surface area contributed by atoms with Crippen LogP contribution in [0.1, 0.15) is 56.3 Å². The number of rotatable bonds is 5. The van der Waals surface area contributed by atoms with Gasteiger partial charge < -0.3 is 10.4 Å². The number of carbonyl (C=O) groups excluding carboxylic acids is 1. The number of aliphatic hydroxyl groups is 1. The molecule has 0 aliphatic heterocycles. The van der Waals surface area contributed by atoms with Gasteiger partial charge in [0, 0.05) is 29.6 Å². The molecule has 1 fully saturated rings. The topological polar surface area (TPSA) is 75.1 Å². The van der Waals surface area contributed by atoms with Crippen molar-refractivity contribution in [2.75, 3.05) is 5.32 Å². The molecule has 0 atom stereocenters. The van der Waals surface area contributed by atoms with Crippen LogP contribution in [0.15, 0.2) is 24.4 Å². The van der Waals surface area contributed by atoms with Crippen LogP contribution in [-0.4, -0.2) is 33.0 Å². The van der Waals surface area contributed by atoms with Crippen molar-refractivity contribution < 1.29 is 9.90 Å². The number of carbonyl (C=O) groups is 1. The number of nitrogens with one attached hydrogen (secondary N) is 1. The molecule has 0 bridgehead atoms. The highest BCUT2D eigenvalue weighted by atomic mass is 16.3. The fourth-order valence-electron chi connectivity index (χ4n) is 3.16. The summed E-state index contributed by atoms with van der Waals surface area (Å²) in [6.07, 6.45) is 5.66. The highest BCUT2D eigenvalue weighted by Crippen LogP contribution is 2.22. The number of ketones is 1. The Balaban J connectivity index is 1.77. The first kappa shape index (κ1) is 16.8. The van der Waals surface area contributed by atoms with Crippen molar-refractivity contribution in [3.63, 3.8) is 0 Å². The van der Waals surface area contributed by atoms with Crippen molar-refractivity contribution in [3.05, 3.63) is 30.0 Å². The second kappa shape index (κ2) is 7.26. The molecule has 0 saturated heterocycles. The lowest BCUT2D eigenvalue weighted by Gasteiger charge is -2.26. The second-order valence-electron chi connectivity index (χ2n) is 7.14. The first-order chi connectivity index (χ1) is 11.5. The first-order valence-corrected chi connectivity index (χ1v) is 8.76. The third-order valence-electron chi connectivity index (χ3n) is 4.53. The van der Waals surface area contributed by atoms with E-state index >= 15 is 0 Å². The monoisotopic (exact) mass is 327 g/mol. The van der Waals surface area contributed by atoms with Gasteiger partial charge in [0.1, 0.15) is 0 Å². The minimum atomic E-state index is -0.171. The van der Waals surface area contributed by atoms with Crippen LogP contribution in [0.2, 0.25) is 0 Å². The standard InChI is InChI=1S/C19H25N3O2/c1-12(2)9-18(24)13-3-4-14-11-20-19(22-17(14)10-13)21-15-5-7-16(23)8-6-15/h3-4,10-12,15-16,23H,5-9H2,1-2H3,(H,20,21,22). The van der Waals surface area contributed by atoms with Gasteiger partial charge in [-0.1, -0.05) is 26.0 Å². The lowest BCUT2D eigenvalue weighted by molar-refractivity contribution is 0.0968. The average molecular weight is 327 g/mol. The average Bonchev–Trinajstić information content (AvgIpc) is 2.55. The van der Waals surface area contributed by atoms with Gasteiger partial charge >= 0.3 is 0 Å². The van der Waals surface area contributed by atoms with Crippen LogP contribution in [0.25, 0.3) is 10.9 Å². The SMILES string of the molecule is CC(C)CC(=O)c1ccc2cnc(NC3CCC(O)CC3)nc2c1. The molecular formula is C19H25N3O2. The van der Waals surface area contributed by atoms with Gasteiger partial charge in [-0.05, 0) is 37.7 Å². The molecule has 1 aliphatic carbocycles. The lowest BCUT2D eigenvalue weighted by atomic mass is 9.93. The van der Waals surface area contributed by atoms with E-state index in [2.05, 4.69) is 15.3 Å². The molecule has 0 amide bonds. The van der Waals surface area contributed by atoms with Crippen LogP contribution < -0.4 is 5.32 Å². The van der Waals surface area contributed by atoms with Crippen molar-refractivity contribution in [2.45, 2.75) is 58.1 Å². The lowest BCUT2D eigenvalue weighted by Crippen LogP contribution is -2.28. The number of nitrogens with zero attached hydrogens (tertiary/aromatic N) is 2. The van der Waals surface area contributed by atoms with Crippen LogP contribution in [0, 0.1) is 5.92 Å². The molecule has 128 valence electrons. The van der Waals surface area contributed by atoms with E-state index in [1.54, 1.807) is 6.20 Å². The quantitative estimate of drug-likeness (QED) is 0.821. The first-order valence-electron chi connectivity index (χ1n) is 8.76. The van der Waals surface area contributed by atoms with Crippen LogP contribution >= 0.6 is 0 Å². The smallest absolute Gasteiger partial charge is 0.223 e. The maximum atomic E-state index is 12.2. The minimum Gasteiger partial charge on any atom is -0.393 e. The molecule has 1 aromatic carbocycles. The summed E-state index contributed by atoms with van der Waals surface area (Å²) in [6, 6.07) is 5.92. The predicted octanol–water partition coefficient (Wildman–Crippen LogP) is 3.57. The fraction of sp³-hybridized carbons (Fsp3) is 0.526. The summed E-state index contributed by atoms with van der Waals surface area (Å²) >= 11 is 0. The van der Waals surface area contributed by atoms with E-state index in [1.807, 2.05) is 32.0 Å². The molecule has 1 heterocycles. The molecule has 3 rings (SSSR count).